The van der Waals surface area contributed by atoms with E-state index in [9.17, 15) is 0 Å². The molecule has 0 radical (unpaired) electrons. The Labute approximate surface area is 275 Å². The summed E-state index contributed by atoms with van der Waals surface area (Å²) in [6.45, 7) is 18.6. The van der Waals surface area contributed by atoms with Crippen LogP contribution in [0.5, 0.6) is 0 Å². The Bertz CT molecular complexity index is 2140. The number of thiol groups is 1. The number of para-hydroxylation sites is 3. The van der Waals surface area contributed by atoms with Crippen LogP contribution in [0.1, 0.15) is 44.9 Å². The van der Waals surface area contributed by atoms with Crippen LogP contribution in [0, 0.1) is 0 Å². The Morgan fingerprint density at radius 2 is 1.70 bits per heavy atom. The van der Waals surface area contributed by atoms with Crippen LogP contribution >= 0.6 is 12.8 Å². The first-order chi connectivity index (χ1) is 22.2. The van der Waals surface area contributed by atoms with Crippen molar-refractivity contribution in [1.82, 2.24) is 27.5 Å². The first-order valence-corrected chi connectivity index (χ1v) is 15.8. The van der Waals surface area contributed by atoms with E-state index in [4.69, 9.17) is 10.8 Å². The molecule has 46 heavy (non-hydrogen) atoms. The largest absolute Gasteiger partial charge is 0.313 e. The SMILES string of the molecule is C=CN=c1n(S)c2ccccc2n1C/C=C/Cn1c(=NC(=C)c2ccnn2CC)n(C)c2cccc(C(C)C)c21.CC1=[N+](N)C=C1. The molecule has 0 saturated carbocycles. The Morgan fingerprint density at radius 1 is 1.02 bits per heavy atom. The van der Waals surface area contributed by atoms with Crippen molar-refractivity contribution in [1.29, 1.82) is 0 Å². The molecule has 2 N–H and O–H groups in total. The van der Waals surface area contributed by atoms with Gasteiger partial charge in [0.1, 0.15) is 0 Å². The summed E-state index contributed by atoms with van der Waals surface area (Å²) in [4.78, 5) is 9.54. The molecule has 0 atom stereocenters. The molecule has 6 rings (SSSR count). The zero-order chi connectivity index (χ0) is 33.0. The molecule has 0 fully saturated rings. The average molecular weight is 636 g/mol. The normalized spacial score (nSPS) is 13.7. The summed E-state index contributed by atoms with van der Waals surface area (Å²) >= 11 is 4.68. The van der Waals surface area contributed by atoms with Gasteiger partial charge in [0.15, 0.2) is 0 Å². The van der Waals surface area contributed by atoms with Gasteiger partial charge in [-0.15, -0.1) is 0 Å². The van der Waals surface area contributed by atoms with Gasteiger partial charge in [-0.2, -0.15) is 5.10 Å². The summed E-state index contributed by atoms with van der Waals surface area (Å²) in [5.41, 5.74) is 9.93. The third kappa shape index (κ3) is 6.23. The minimum Gasteiger partial charge on any atom is -0.313 e. The van der Waals surface area contributed by atoms with Crippen molar-refractivity contribution in [3.05, 3.63) is 121 Å². The van der Waals surface area contributed by atoms with Crippen LogP contribution in [0.2, 0.25) is 0 Å². The molecule has 238 valence electrons. The number of benzene rings is 2. The highest BCUT2D eigenvalue weighted by molar-refractivity contribution is 7.78. The summed E-state index contributed by atoms with van der Waals surface area (Å²) in [5, 5.41) is 4.40. The maximum absolute atomic E-state index is 5.23. The predicted octanol–water partition coefficient (Wildman–Crippen LogP) is 5.50. The van der Waals surface area contributed by atoms with Crippen molar-refractivity contribution >= 4 is 46.3 Å². The number of hydrogen-bond acceptors (Lipinski definition) is 5. The lowest BCUT2D eigenvalue weighted by atomic mass is 10.0. The number of allylic oxidation sites excluding steroid dienone is 3. The van der Waals surface area contributed by atoms with Crippen LogP contribution in [-0.4, -0.2) is 37.9 Å². The molecule has 3 aromatic heterocycles. The smallest absolute Gasteiger partial charge is 0.221 e. The molecule has 0 spiro atoms. The number of fused-ring (bicyclic) bond motifs is 2. The first-order valence-electron chi connectivity index (χ1n) is 15.4. The second-order valence-corrected chi connectivity index (χ2v) is 11.7. The zero-order valence-corrected chi connectivity index (χ0v) is 28.1. The summed E-state index contributed by atoms with van der Waals surface area (Å²) < 4.78 is 11.9. The lowest BCUT2D eigenvalue weighted by Gasteiger charge is -2.10. The number of nitrogens with two attached hydrogens (primary N) is 1. The van der Waals surface area contributed by atoms with E-state index in [1.54, 1.807) is 21.1 Å². The molecular weight excluding hydrogens is 593 g/mol. The highest BCUT2D eigenvalue weighted by Crippen LogP contribution is 2.25. The van der Waals surface area contributed by atoms with Gasteiger partial charge in [-0.1, -0.05) is 80.9 Å². The summed E-state index contributed by atoms with van der Waals surface area (Å²) in [6.07, 6.45) is 11.5. The summed E-state index contributed by atoms with van der Waals surface area (Å²) in [5.74, 6) is 5.59. The van der Waals surface area contributed by atoms with E-state index in [0.29, 0.717) is 24.7 Å². The molecule has 11 heteroatoms. The maximum Gasteiger partial charge on any atom is 0.221 e. The second kappa shape index (κ2) is 13.9. The molecule has 0 aliphatic carbocycles. The van der Waals surface area contributed by atoms with E-state index in [-0.39, 0.29) is 0 Å². The van der Waals surface area contributed by atoms with Gasteiger partial charge in [-0.25, -0.2) is 15.8 Å². The van der Waals surface area contributed by atoms with Crippen molar-refractivity contribution in [3.63, 3.8) is 0 Å². The van der Waals surface area contributed by atoms with Gasteiger partial charge in [0.05, 0.1) is 39.5 Å². The first kappa shape index (κ1) is 32.4. The topological polar surface area (TPSA) is 91.3 Å². The van der Waals surface area contributed by atoms with Crippen molar-refractivity contribution in [2.45, 2.75) is 53.2 Å². The summed E-state index contributed by atoms with van der Waals surface area (Å²) in [7, 11) is 2.07. The van der Waals surface area contributed by atoms with Gasteiger partial charge in [-0.05, 0) is 42.7 Å². The van der Waals surface area contributed by atoms with Crippen molar-refractivity contribution in [2.24, 2.45) is 22.9 Å². The number of aromatic nitrogens is 6. The number of hydrazine groups is 1. The minimum atomic E-state index is 0.360. The Balaban J connectivity index is 0.000000624. The second-order valence-electron chi connectivity index (χ2n) is 11.3. The van der Waals surface area contributed by atoms with Gasteiger partial charge in [-0.3, -0.25) is 8.65 Å². The standard InChI is InChI=1S/C31H36N8S.C4H7N2/c1-7-32-30-36(26-15-9-10-16-27(26)39(30)40)20-11-12-21-37-29-24(22(3)4)14-13-17-28(29)35(6)31(37)34-23(5)25-18-19-33-38(25)8-2;1-4-2-3-6(4)5/h7,9-19,22,40H,1,5,8,20-21H2,2-4,6H3;2-3H,5H2,1H3/q;+1/b12-11+,32-30?,34-31?;. The monoisotopic (exact) mass is 635 g/mol. The molecule has 10 nitrogen and oxygen atoms in total. The molecule has 0 unspecified atom stereocenters. The van der Waals surface area contributed by atoms with Gasteiger partial charge in [0, 0.05) is 46.0 Å². The Morgan fingerprint density at radius 3 is 2.30 bits per heavy atom. The van der Waals surface area contributed by atoms with Crippen LogP contribution in [-0.2, 0) is 26.7 Å². The predicted molar refractivity (Wildman–Crippen MR) is 191 cm³/mol. The fourth-order valence-corrected chi connectivity index (χ4v) is 5.87. The molecular formula is C35H43N10S+. The van der Waals surface area contributed by atoms with E-state index in [0.717, 1.165) is 45.7 Å². The van der Waals surface area contributed by atoms with E-state index in [1.807, 2.05) is 48.1 Å². The molecule has 0 bridgehead atoms. The number of rotatable bonds is 9. The zero-order valence-electron chi connectivity index (χ0n) is 27.2. The number of aryl methyl sites for hydroxylation is 2. The van der Waals surface area contributed by atoms with E-state index < -0.39 is 0 Å². The van der Waals surface area contributed by atoms with Crippen LogP contribution in [0.4, 0.5) is 0 Å². The minimum absolute atomic E-state index is 0.360. The Hall–Kier alpha value is -5.03. The maximum atomic E-state index is 5.23. The number of imidazole rings is 2. The van der Waals surface area contributed by atoms with Gasteiger partial charge < -0.3 is 13.7 Å². The number of nitrogens with zero attached hydrogens (tertiary/aromatic N) is 9. The van der Waals surface area contributed by atoms with Gasteiger partial charge in [0.2, 0.25) is 23.1 Å². The molecule has 5 aromatic rings. The highest BCUT2D eigenvalue weighted by atomic mass is 32.1. The third-order valence-corrected chi connectivity index (χ3v) is 8.45. The van der Waals surface area contributed by atoms with Crippen LogP contribution < -0.4 is 17.1 Å². The molecule has 2 aromatic carbocycles. The third-order valence-electron chi connectivity index (χ3n) is 8.05. The van der Waals surface area contributed by atoms with Crippen molar-refractivity contribution in [3.8, 4) is 0 Å². The van der Waals surface area contributed by atoms with Crippen LogP contribution in [0.15, 0.2) is 108 Å². The van der Waals surface area contributed by atoms with E-state index >= 15 is 0 Å². The number of hydrazone groups is 1. The molecule has 4 heterocycles. The lowest BCUT2D eigenvalue weighted by Crippen LogP contribution is -2.25. The van der Waals surface area contributed by atoms with Gasteiger partial charge >= 0.3 is 0 Å². The fourth-order valence-electron chi connectivity index (χ4n) is 5.54. The van der Waals surface area contributed by atoms with Crippen LogP contribution in [0.3, 0.4) is 0 Å². The molecule has 0 amide bonds. The average Bonchev–Trinajstić information content (AvgIpc) is 3.73. The van der Waals surface area contributed by atoms with E-state index in [2.05, 4.69) is 114 Å². The summed E-state index contributed by atoms with van der Waals surface area (Å²) in [6, 6.07) is 16.6. The molecule has 1 aliphatic heterocycles. The van der Waals surface area contributed by atoms with E-state index in [1.165, 1.54) is 11.1 Å². The van der Waals surface area contributed by atoms with Crippen LogP contribution in [0.25, 0.3) is 27.8 Å². The Kier molecular flexibility index (Phi) is 9.81. The lowest BCUT2D eigenvalue weighted by molar-refractivity contribution is -0.479. The molecule has 1 aliphatic rings. The van der Waals surface area contributed by atoms with Gasteiger partial charge in [0.25, 0.3) is 0 Å². The van der Waals surface area contributed by atoms with Crippen molar-refractivity contribution < 1.29 is 4.68 Å². The van der Waals surface area contributed by atoms with Crippen molar-refractivity contribution in [2.75, 3.05) is 0 Å². The fraction of sp³-hybridized carbons (Fsp3) is 0.257. The quantitative estimate of drug-likeness (QED) is 0.0969. The highest BCUT2D eigenvalue weighted by Gasteiger charge is 2.16. The number of hydrogen-bond donors (Lipinski definition) is 2. The molecule has 0 saturated heterocycles.